The maximum absolute atomic E-state index is 5.74. The largest absolute Gasteiger partial charge is 0.380 e. The van der Waals surface area contributed by atoms with E-state index in [2.05, 4.69) is 20.4 Å². The third-order valence-corrected chi connectivity index (χ3v) is 3.73. The highest BCUT2D eigenvalue weighted by atomic mass is 35.5. The lowest BCUT2D eigenvalue weighted by Crippen LogP contribution is -2.40. The predicted octanol–water partition coefficient (Wildman–Crippen LogP) is 1.09. The van der Waals surface area contributed by atoms with Crippen LogP contribution in [0.5, 0.6) is 0 Å². The Labute approximate surface area is 111 Å². The van der Waals surface area contributed by atoms with Gasteiger partial charge >= 0.3 is 0 Å². The topological polar surface area (TPSA) is 50.3 Å². The van der Waals surface area contributed by atoms with Crippen LogP contribution in [0.4, 0.5) is 5.82 Å². The second-order valence-corrected chi connectivity index (χ2v) is 5.26. The lowest BCUT2D eigenvalue weighted by Gasteiger charge is -2.19. The van der Waals surface area contributed by atoms with Crippen LogP contribution in [0.15, 0.2) is 12.1 Å². The average Bonchev–Trinajstić information content (AvgIpc) is 3.02. The molecular weight excluding hydrogens is 252 g/mol. The van der Waals surface area contributed by atoms with Gasteiger partial charge in [0, 0.05) is 31.8 Å². The SMILES string of the molecule is Clc1ccc(N2CC[C@H](NC3CCOC3)C2)nn1. The zero-order chi connectivity index (χ0) is 12.4. The average molecular weight is 269 g/mol. The first-order valence-electron chi connectivity index (χ1n) is 6.39. The Balaban J connectivity index is 1.55. The molecule has 3 rings (SSSR count). The van der Waals surface area contributed by atoms with Gasteiger partial charge in [-0.1, -0.05) is 11.6 Å². The lowest BCUT2D eigenvalue weighted by atomic mass is 10.2. The molecule has 1 unspecified atom stereocenters. The molecule has 5 nitrogen and oxygen atoms in total. The molecule has 98 valence electrons. The van der Waals surface area contributed by atoms with E-state index in [1.807, 2.05) is 6.07 Å². The van der Waals surface area contributed by atoms with Crippen LogP contribution in [-0.2, 0) is 4.74 Å². The second kappa shape index (κ2) is 5.38. The monoisotopic (exact) mass is 268 g/mol. The maximum Gasteiger partial charge on any atom is 0.151 e. The van der Waals surface area contributed by atoms with E-state index in [9.17, 15) is 0 Å². The maximum atomic E-state index is 5.74. The highest BCUT2D eigenvalue weighted by molar-refractivity contribution is 6.29. The van der Waals surface area contributed by atoms with E-state index in [1.54, 1.807) is 6.07 Å². The molecule has 0 bridgehead atoms. The molecule has 1 N–H and O–H groups in total. The normalized spacial score (nSPS) is 27.9. The molecular formula is C12H17ClN4O. The molecule has 0 aliphatic carbocycles. The van der Waals surface area contributed by atoms with Crippen LogP contribution in [0.1, 0.15) is 12.8 Å². The lowest BCUT2D eigenvalue weighted by molar-refractivity contribution is 0.188. The van der Waals surface area contributed by atoms with Crippen molar-refractivity contribution in [3.05, 3.63) is 17.3 Å². The fourth-order valence-corrected chi connectivity index (χ4v) is 2.68. The smallest absolute Gasteiger partial charge is 0.151 e. The van der Waals surface area contributed by atoms with Gasteiger partial charge in [-0.2, -0.15) is 0 Å². The first-order chi connectivity index (χ1) is 8.81. The van der Waals surface area contributed by atoms with Gasteiger partial charge < -0.3 is 15.0 Å². The Bertz CT molecular complexity index is 394. The van der Waals surface area contributed by atoms with Gasteiger partial charge in [0.1, 0.15) is 0 Å². The van der Waals surface area contributed by atoms with Crippen molar-refractivity contribution in [3.8, 4) is 0 Å². The van der Waals surface area contributed by atoms with Gasteiger partial charge in [0.05, 0.1) is 6.61 Å². The summed E-state index contributed by atoms with van der Waals surface area (Å²) >= 11 is 5.74. The standard InChI is InChI=1S/C12H17ClN4O/c13-11-1-2-12(16-15-11)17-5-3-9(7-17)14-10-4-6-18-8-10/h1-2,9-10,14H,3-8H2/t9-,10?/m0/s1. The van der Waals surface area contributed by atoms with E-state index in [-0.39, 0.29) is 0 Å². The van der Waals surface area contributed by atoms with E-state index in [0.29, 0.717) is 17.2 Å². The molecule has 3 heterocycles. The van der Waals surface area contributed by atoms with Crippen molar-refractivity contribution < 1.29 is 4.74 Å². The van der Waals surface area contributed by atoms with Gasteiger partial charge in [-0.15, -0.1) is 10.2 Å². The van der Waals surface area contributed by atoms with Gasteiger partial charge in [-0.25, -0.2) is 0 Å². The minimum atomic E-state index is 0.440. The van der Waals surface area contributed by atoms with Crippen LogP contribution < -0.4 is 10.2 Å². The minimum Gasteiger partial charge on any atom is -0.380 e. The number of nitrogens with one attached hydrogen (secondary N) is 1. The summed E-state index contributed by atoms with van der Waals surface area (Å²) in [6.07, 6.45) is 2.26. The Kier molecular flexibility index (Phi) is 3.63. The molecule has 0 saturated carbocycles. The van der Waals surface area contributed by atoms with Crippen molar-refractivity contribution in [1.82, 2.24) is 15.5 Å². The van der Waals surface area contributed by atoms with Crippen molar-refractivity contribution >= 4 is 17.4 Å². The first-order valence-corrected chi connectivity index (χ1v) is 6.77. The Morgan fingerprint density at radius 2 is 2.22 bits per heavy atom. The highest BCUT2D eigenvalue weighted by Gasteiger charge is 2.27. The van der Waals surface area contributed by atoms with Gasteiger partial charge in [0.25, 0.3) is 0 Å². The van der Waals surface area contributed by atoms with E-state index in [1.165, 1.54) is 0 Å². The van der Waals surface area contributed by atoms with Gasteiger partial charge in [0.15, 0.2) is 11.0 Å². The zero-order valence-corrected chi connectivity index (χ0v) is 10.9. The number of nitrogens with zero attached hydrogens (tertiary/aromatic N) is 3. The summed E-state index contributed by atoms with van der Waals surface area (Å²) < 4.78 is 5.38. The Hall–Kier alpha value is -0.910. The number of ether oxygens (including phenoxy) is 1. The molecule has 1 aromatic heterocycles. The van der Waals surface area contributed by atoms with Gasteiger partial charge in [-0.3, -0.25) is 0 Å². The van der Waals surface area contributed by atoms with Crippen molar-refractivity contribution in [2.75, 3.05) is 31.2 Å². The summed E-state index contributed by atoms with van der Waals surface area (Å²) in [5, 5.41) is 12.1. The van der Waals surface area contributed by atoms with Crippen LogP contribution in [0.2, 0.25) is 5.15 Å². The van der Waals surface area contributed by atoms with Gasteiger partial charge in [-0.05, 0) is 25.0 Å². The number of hydrogen-bond donors (Lipinski definition) is 1. The molecule has 0 aromatic carbocycles. The zero-order valence-electron chi connectivity index (χ0n) is 10.2. The number of hydrogen-bond acceptors (Lipinski definition) is 5. The molecule has 2 aliphatic rings. The predicted molar refractivity (Wildman–Crippen MR) is 70.0 cm³/mol. The summed E-state index contributed by atoms with van der Waals surface area (Å²) in [7, 11) is 0. The van der Waals surface area contributed by atoms with Crippen molar-refractivity contribution in [2.24, 2.45) is 0 Å². The number of rotatable bonds is 3. The van der Waals surface area contributed by atoms with Crippen LogP contribution >= 0.6 is 11.6 Å². The molecule has 2 saturated heterocycles. The number of aromatic nitrogens is 2. The fraction of sp³-hybridized carbons (Fsp3) is 0.667. The van der Waals surface area contributed by atoms with E-state index < -0.39 is 0 Å². The van der Waals surface area contributed by atoms with Crippen LogP contribution in [-0.4, -0.2) is 48.6 Å². The van der Waals surface area contributed by atoms with Gasteiger partial charge in [0.2, 0.25) is 0 Å². The Morgan fingerprint density at radius 3 is 2.94 bits per heavy atom. The van der Waals surface area contributed by atoms with Crippen molar-refractivity contribution in [2.45, 2.75) is 24.9 Å². The summed E-state index contributed by atoms with van der Waals surface area (Å²) in [6, 6.07) is 4.76. The molecule has 0 radical (unpaired) electrons. The first kappa shape index (κ1) is 12.1. The van der Waals surface area contributed by atoms with Crippen molar-refractivity contribution in [1.29, 1.82) is 0 Å². The second-order valence-electron chi connectivity index (χ2n) is 4.87. The molecule has 2 fully saturated rings. The third kappa shape index (κ3) is 2.74. The third-order valence-electron chi connectivity index (χ3n) is 3.53. The number of anilines is 1. The van der Waals surface area contributed by atoms with Crippen LogP contribution in [0.3, 0.4) is 0 Å². The van der Waals surface area contributed by atoms with E-state index in [0.717, 1.165) is 45.0 Å². The minimum absolute atomic E-state index is 0.440. The molecule has 2 aliphatic heterocycles. The number of halogens is 1. The highest BCUT2D eigenvalue weighted by Crippen LogP contribution is 2.19. The van der Waals surface area contributed by atoms with Crippen LogP contribution in [0, 0.1) is 0 Å². The fourth-order valence-electron chi connectivity index (χ4n) is 2.58. The molecule has 18 heavy (non-hydrogen) atoms. The van der Waals surface area contributed by atoms with Crippen LogP contribution in [0.25, 0.3) is 0 Å². The van der Waals surface area contributed by atoms with E-state index >= 15 is 0 Å². The molecule has 1 aromatic rings. The summed E-state index contributed by atoms with van der Waals surface area (Å²) in [6.45, 7) is 3.72. The molecule has 0 amide bonds. The molecule has 6 heteroatoms. The molecule has 2 atom stereocenters. The molecule has 0 spiro atoms. The summed E-state index contributed by atoms with van der Waals surface area (Å²) in [5.41, 5.74) is 0. The quantitative estimate of drug-likeness (QED) is 0.889. The van der Waals surface area contributed by atoms with E-state index in [4.69, 9.17) is 16.3 Å². The summed E-state index contributed by atoms with van der Waals surface area (Å²) in [5.74, 6) is 0.909. The summed E-state index contributed by atoms with van der Waals surface area (Å²) in [4.78, 5) is 2.25. The Morgan fingerprint density at radius 1 is 1.28 bits per heavy atom. The van der Waals surface area contributed by atoms with Crippen molar-refractivity contribution in [3.63, 3.8) is 0 Å².